The van der Waals surface area contributed by atoms with Gasteiger partial charge in [0.2, 0.25) is 5.91 Å². The normalized spacial score (nSPS) is 15.0. The van der Waals surface area contributed by atoms with Crippen molar-refractivity contribution in [3.63, 3.8) is 0 Å². The van der Waals surface area contributed by atoms with Gasteiger partial charge in [0, 0.05) is 17.8 Å². The Labute approximate surface area is 179 Å². The third-order valence-corrected chi connectivity index (χ3v) is 6.92. The summed E-state index contributed by atoms with van der Waals surface area (Å²) in [6.07, 6.45) is 2.77. The standard InChI is InChI=1S/C22H23ClN4OS/c1-27-19(25-26-21(27)29-15-16-6-3-2-4-7-16)14-24-20(28)22(12-5-13-22)17-8-10-18(23)11-9-17/h2-4,6-11H,5,12-15H2,1H3,(H,24,28). The van der Waals surface area contributed by atoms with Gasteiger partial charge in [-0.15, -0.1) is 10.2 Å². The van der Waals surface area contributed by atoms with Gasteiger partial charge < -0.3 is 9.88 Å². The van der Waals surface area contributed by atoms with E-state index >= 15 is 0 Å². The summed E-state index contributed by atoms with van der Waals surface area (Å²) in [5, 5.41) is 13.2. The Balaban J connectivity index is 1.39. The van der Waals surface area contributed by atoms with Gasteiger partial charge in [-0.25, -0.2) is 0 Å². The van der Waals surface area contributed by atoms with E-state index in [9.17, 15) is 4.79 Å². The molecule has 7 heteroatoms. The molecule has 2 aromatic carbocycles. The van der Waals surface area contributed by atoms with Crippen LogP contribution >= 0.6 is 23.4 Å². The molecule has 150 valence electrons. The van der Waals surface area contributed by atoms with E-state index in [4.69, 9.17) is 11.6 Å². The van der Waals surface area contributed by atoms with Crippen molar-refractivity contribution in [3.8, 4) is 0 Å². The summed E-state index contributed by atoms with van der Waals surface area (Å²) < 4.78 is 1.95. The first-order valence-electron chi connectivity index (χ1n) is 9.68. The number of thioether (sulfide) groups is 1. The first-order chi connectivity index (χ1) is 14.1. The van der Waals surface area contributed by atoms with Crippen LogP contribution in [0.5, 0.6) is 0 Å². The van der Waals surface area contributed by atoms with Gasteiger partial charge in [0.15, 0.2) is 11.0 Å². The molecule has 1 N–H and O–H groups in total. The van der Waals surface area contributed by atoms with Crippen molar-refractivity contribution in [3.05, 3.63) is 76.6 Å². The van der Waals surface area contributed by atoms with E-state index in [1.54, 1.807) is 11.8 Å². The molecule has 1 heterocycles. The zero-order valence-electron chi connectivity index (χ0n) is 16.3. The average molecular weight is 427 g/mol. The van der Waals surface area contributed by atoms with E-state index in [0.29, 0.717) is 11.6 Å². The van der Waals surface area contributed by atoms with Crippen molar-refractivity contribution in [2.24, 2.45) is 7.05 Å². The Kier molecular flexibility index (Phi) is 5.92. The number of carbonyl (C=O) groups excluding carboxylic acids is 1. The fourth-order valence-corrected chi connectivity index (χ4v) is 4.63. The third kappa shape index (κ3) is 4.19. The molecule has 0 spiro atoms. The predicted octanol–water partition coefficient (Wildman–Crippen LogP) is 4.50. The second-order valence-electron chi connectivity index (χ2n) is 7.36. The van der Waals surface area contributed by atoms with Gasteiger partial charge in [0.1, 0.15) is 0 Å². The highest BCUT2D eigenvalue weighted by Gasteiger charge is 2.45. The lowest BCUT2D eigenvalue weighted by atomic mass is 9.64. The molecule has 29 heavy (non-hydrogen) atoms. The van der Waals surface area contributed by atoms with Crippen LogP contribution in [-0.4, -0.2) is 20.7 Å². The van der Waals surface area contributed by atoms with E-state index in [1.807, 2.05) is 54.1 Å². The second kappa shape index (κ2) is 8.59. The van der Waals surface area contributed by atoms with Gasteiger partial charge in [0.25, 0.3) is 0 Å². The van der Waals surface area contributed by atoms with Gasteiger partial charge in [-0.3, -0.25) is 4.79 Å². The first-order valence-corrected chi connectivity index (χ1v) is 11.0. The highest BCUT2D eigenvalue weighted by Crippen LogP contribution is 2.44. The highest BCUT2D eigenvalue weighted by atomic mass is 35.5. The van der Waals surface area contributed by atoms with Crippen LogP contribution in [0.4, 0.5) is 0 Å². The monoisotopic (exact) mass is 426 g/mol. The highest BCUT2D eigenvalue weighted by molar-refractivity contribution is 7.98. The molecule has 0 aliphatic heterocycles. The van der Waals surface area contributed by atoms with E-state index in [-0.39, 0.29) is 5.91 Å². The summed E-state index contributed by atoms with van der Waals surface area (Å²) in [5.74, 6) is 1.63. The topological polar surface area (TPSA) is 59.8 Å². The van der Waals surface area contributed by atoms with Crippen LogP contribution in [0.25, 0.3) is 0 Å². The molecular formula is C22H23ClN4OS. The van der Waals surface area contributed by atoms with Gasteiger partial charge in [-0.2, -0.15) is 0 Å². The number of nitrogens with zero attached hydrogens (tertiary/aromatic N) is 3. The van der Waals surface area contributed by atoms with Crippen molar-refractivity contribution in [1.82, 2.24) is 20.1 Å². The fraction of sp³-hybridized carbons (Fsp3) is 0.318. The molecule has 1 amide bonds. The lowest BCUT2D eigenvalue weighted by Gasteiger charge is -2.40. The molecule has 0 atom stereocenters. The van der Waals surface area contributed by atoms with Crippen LogP contribution in [0.3, 0.4) is 0 Å². The van der Waals surface area contributed by atoms with Crippen molar-refractivity contribution >= 4 is 29.3 Å². The van der Waals surface area contributed by atoms with Crippen LogP contribution in [0.1, 0.15) is 36.2 Å². The molecule has 4 rings (SSSR count). The zero-order chi connectivity index (χ0) is 20.3. The van der Waals surface area contributed by atoms with Crippen LogP contribution in [0.15, 0.2) is 59.8 Å². The third-order valence-electron chi connectivity index (χ3n) is 5.58. The zero-order valence-corrected chi connectivity index (χ0v) is 17.8. The average Bonchev–Trinajstić information content (AvgIpc) is 3.06. The maximum Gasteiger partial charge on any atom is 0.231 e. The van der Waals surface area contributed by atoms with E-state index in [1.165, 1.54) is 5.56 Å². The van der Waals surface area contributed by atoms with E-state index in [2.05, 4.69) is 27.6 Å². The summed E-state index contributed by atoms with van der Waals surface area (Å²) in [4.78, 5) is 13.0. The minimum atomic E-state index is -0.450. The summed E-state index contributed by atoms with van der Waals surface area (Å²) >= 11 is 7.65. The van der Waals surface area contributed by atoms with Crippen molar-refractivity contribution in [2.45, 2.75) is 42.1 Å². The minimum absolute atomic E-state index is 0.0487. The lowest BCUT2D eigenvalue weighted by Crippen LogP contribution is -2.49. The Morgan fingerprint density at radius 1 is 1.14 bits per heavy atom. The molecule has 3 aromatic rings. The molecule has 1 aliphatic rings. The van der Waals surface area contributed by atoms with Crippen LogP contribution in [0, 0.1) is 0 Å². The van der Waals surface area contributed by atoms with Gasteiger partial charge in [-0.05, 0) is 36.1 Å². The van der Waals surface area contributed by atoms with Crippen LogP contribution < -0.4 is 5.32 Å². The molecule has 1 saturated carbocycles. The smallest absolute Gasteiger partial charge is 0.231 e. The SMILES string of the molecule is Cn1c(CNC(=O)C2(c3ccc(Cl)cc3)CCC2)nnc1SCc1ccccc1. The number of benzene rings is 2. The Morgan fingerprint density at radius 2 is 1.86 bits per heavy atom. The number of rotatable bonds is 7. The maximum absolute atomic E-state index is 13.0. The number of halogens is 1. The summed E-state index contributed by atoms with van der Waals surface area (Å²) in [7, 11) is 1.94. The number of nitrogens with one attached hydrogen (secondary N) is 1. The molecule has 0 saturated heterocycles. The maximum atomic E-state index is 13.0. The van der Waals surface area contributed by atoms with Gasteiger partial charge >= 0.3 is 0 Å². The molecule has 1 aliphatic carbocycles. The Bertz CT molecular complexity index is 984. The molecule has 1 fully saturated rings. The molecule has 0 bridgehead atoms. The molecule has 0 radical (unpaired) electrons. The van der Waals surface area contributed by atoms with Crippen molar-refractivity contribution in [2.75, 3.05) is 0 Å². The number of aromatic nitrogens is 3. The van der Waals surface area contributed by atoms with Crippen molar-refractivity contribution in [1.29, 1.82) is 0 Å². The minimum Gasteiger partial charge on any atom is -0.348 e. The lowest BCUT2D eigenvalue weighted by molar-refractivity contribution is -0.130. The molecular weight excluding hydrogens is 404 g/mol. The number of hydrogen-bond acceptors (Lipinski definition) is 4. The largest absolute Gasteiger partial charge is 0.348 e. The Hall–Kier alpha value is -2.31. The van der Waals surface area contributed by atoms with Crippen LogP contribution in [0.2, 0.25) is 5.02 Å². The Morgan fingerprint density at radius 3 is 2.52 bits per heavy atom. The van der Waals surface area contributed by atoms with E-state index < -0.39 is 5.41 Å². The molecule has 1 aromatic heterocycles. The summed E-state index contributed by atoms with van der Waals surface area (Å²) in [5.41, 5.74) is 1.82. The van der Waals surface area contributed by atoms with Gasteiger partial charge in [-0.1, -0.05) is 72.2 Å². The van der Waals surface area contributed by atoms with Crippen molar-refractivity contribution < 1.29 is 4.79 Å². The van der Waals surface area contributed by atoms with E-state index in [0.717, 1.165) is 41.6 Å². The summed E-state index contributed by atoms with van der Waals surface area (Å²) in [6.45, 7) is 0.365. The second-order valence-corrected chi connectivity index (χ2v) is 8.74. The quantitative estimate of drug-likeness (QED) is 0.565. The van der Waals surface area contributed by atoms with Crippen LogP contribution in [-0.2, 0) is 29.6 Å². The number of hydrogen-bond donors (Lipinski definition) is 1. The molecule has 0 unspecified atom stereocenters. The predicted molar refractivity (Wildman–Crippen MR) is 116 cm³/mol. The first kappa shape index (κ1) is 20.0. The fourth-order valence-electron chi connectivity index (χ4n) is 3.62. The number of carbonyl (C=O) groups is 1. The van der Waals surface area contributed by atoms with Gasteiger partial charge in [0.05, 0.1) is 12.0 Å². The summed E-state index contributed by atoms with van der Waals surface area (Å²) in [6, 6.07) is 17.9. The number of amides is 1. The molecule has 5 nitrogen and oxygen atoms in total.